The molecule has 0 saturated heterocycles. The molecule has 2 aromatic heterocycles. The van der Waals surface area contributed by atoms with Crippen LogP contribution in [-0.2, 0) is 0 Å². The molecule has 5 heteroatoms. The van der Waals surface area contributed by atoms with Crippen molar-refractivity contribution in [3.8, 4) is 0 Å². The van der Waals surface area contributed by atoms with Gasteiger partial charge in [0, 0.05) is 12.2 Å². The van der Waals surface area contributed by atoms with Crippen molar-refractivity contribution < 1.29 is 13.6 Å². The van der Waals surface area contributed by atoms with Gasteiger partial charge >= 0.3 is 6.03 Å². The Morgan fingerprint density at radius 1 is 0.909 bits per heavy atom. The Balaban J connectivity index is 1.63. The first kappa shape index (κ1) is 14.0. The lowest BCUT2D eigenvalue weighted by molar-refractivity contribution is 0.251. The van der Waals surface area contributed by atoms with Crippen LogP contribution in [0.5, 0.6) is 0 Å². The molecule has 0 spiro atoms. The lowest BCUT2D eigenvalue weighted by Gasteiger charge is -2.14. The van der Waals surface area contributed by atoms with Crippen molar-refractivity contribution in [3.63, 3.8) is 0 Å². The Kier molecular flexibility index (Phi) is 4.25. The fourth-order valence-corrected chi connectivity index (χ4v) is 2.21. The number of hydrogen-bond acceptors (Lipinski definition) is 3. The summed E-state index contributed by atoms with van der Waals surface area (Å²) in [6.45, 7) is 0.375. The van der Waals surface area contributed by atoms with Gasteiger partial charge < -0.3 is 19.5 Å². The van der Waals surface area contributed by atoms with Gasteiger partial charge in [-0.3, -0.25) is 0 Å². The van der Waals surface area contributed by atoms with Crippen LogP contribution in [0.15, 0.2) is 76.0 Å². The molecule has 0 saturated carbocycles. The highest BCUT2D eigenvalue weighted by Crippen LogP contribution is 2.24. The second-order valence-electron chi connectivity index (χ2n) is 4.78. The molecular formula is C17H16N2O3. The third-order valence-corrected chi connectivity index (χ3v) is 3.27. The quantitative estimate of drug-likeness (QED) is 0.752. The predicted molar refractivity (Wildman–Crippen MR) is 82.7 cm³/mol. The topological polar surface area (TPSA) is 67.4 Å². The van der Waals surface area contributed by atoms with Crippen LogP contribution in [0.3, 0.4) is 0 Å². The van der Waals surface area contributed by atoms with Crippen molar-refractivity contribution in [2.75, 3.05) is 11.9 Å². The predicted octanol–water partition coefficient (Wildman–Crippen LogP) is 3.83. The lowest BCUT2D eigenvalue weighted by atomic mass is 10.0. The smallest absolute Gasteiger partial charge is 0.319 e. The van der Waals surface area contributed by atoms with Gasteiger partial charge in [-0.15, -0.1) is 0 Å². The summed E-state index contributed by atoms with van der Waals surface area (Å²) in [6, 6.07) is 16.4. The molecule has 2 N–H and O–H groups in total. The summed E-state index contributed by atoms with van der Waals surface area (Å²) in [5, 5.41) is 5.61. The van der Waals surface area contributed by atoms with Gasteiger partial charge in [-0.1, -0.05) is 18.2 Å². The van der Waals surface area contributed by atoms with Crippen molar-refractivity contribution in [2.45, 2.75) is 5.92 Å². The van der Waals surface area contributed by atoms with E-state index in [0.717, 1.165) is 17.2 Å². The standard InChI is InChI=1S/C17H16N2O3/c20-17(19-13-6-2-1-3-7-13)18-12-14(15-8-4-10-21-15)16-9-5-11-22-16/h1-11,14H,12H2,(H2,18,19,20). The van der Waals surface area contributed by atoms with E-state index in [2.05, 4.69) is 10.6 Å². The Morgan fingerprint density at radius 2 is 1.55 bits per heavy atom. The zero-order valence-electron chi connectivity index (χ0n) is 11.9. The average molecular weight is 296 g/mol. The second kappa shape index (κ2) is 6.67. The largest absolute Gasteiger partial charge is 0.469 e. The van der Waals surface area contributed by atoms with E-state index in [9.17, 15) is 4.79 Å². The molecule has 112 valence electrons. The van der Waals surface area contributed by atoms with Crippen molar-refractivity contribution in [2.24, 2.45) is 0 Å². The maximum absolute atomic E-state index is 12.0. The van der Waals surface area contributed by atoms with E-state index < -0.39 is 0 Å². The maximum atomic E-state index is 12.0. The van der Waals surface area contributed by atoms with Crippen molar-refractivity contribution in [1.29, 1.82) is 0 Å². The molecule has 3 aromatic rings. The molecule has 0 aliphatic rings. The van der Waals surface area contributed by atoms with Crippen LogP contribution >= 0.6 is 0 Å². The Bertz CT molecular complexity index is 657. The van der Waals surface area contributed by atoms with Crippen LogP contribution in [0, 0.1) is 0 Å². The monoisotopic (exact) mass is 296 g/mol. The summed E-state index contributed by atoms with van der Waals surface area (Å²) in [6.07, 6.45) is 3.21. The van der Waals surface area contributed by atoms with Crippen LogP contribution < -0.4 is 10.6 Å². The third kappa shape index (κ3) is 3.38. The zero-order valence-corrected chi connectivity index (χ0v) is 11.9. The fraction of sp³-hybridized carbons (Fsp3) is 0.118. The molecule has 0 bridgehead atoms. The van der Waals surface area contributed by atoms with Crippen molar-refractivity contribution in [3.05, 3.63) is 78.6 Å². The van der Waals surface area contributed by atoms with Crippen molar-refractivity contribution >= 4 is 11.7 Å². The molecule has 5 nitrogen and oxygen atoms in total. The van der Waals surface area contributed by atoms with Crippen LogP contribution in [-0.4, -0.2) is 12.6 Å². The molecule has 0 aliphatic heterocycles. The summed E-state index contributed by atoms with van der Waals surface area (Å²) >= 11 is 0. The Hall–Kier alpha value is -2.95. The molecule has 2 amide bonds. The van der Waals surface area contributed by atoms with Crippen LogP contribution in [0.1, 0.15) is 17.4 Å². The molecule has 0 radical (unpaired) electrons. The molecule has 1 aromatic carbocycles. The molecule has 0 aliphatic carbocycles. The molecule has 2 heterocycles. The van der Waals surface area contributed by atoms with E-state index in [1.165, 1.54) is 0 Å². The van der Waals surface area contributed by atoms with Gasteiger partial charge in [-0.05, 0) is 36.4 Å². The number of furan rings is 2. The van der Waals surface area contributed by atoms with Gasteiger partial charge in [0.05, 0.1) is 18.4 Å². The Labute approximate surface area is 127 Å². The third-order valence-electron chi connectivity index (χ3n) is 3.27. The number of amides is 2. The molecular weight excluding hydrogens is 280 g/mol. The van der Waals surface area contributed by atoms with Gasteiger partial charge in [-0.2, -0.15) is 0 Å². The number of hydrogen-bond donors (Lipinski definition) is 2. The van der Waals surface area contributed by atoms with Crippen LogP contribution in [0.25, 0.3) is 0 Å². The fourth-order valence-electron chi connectivity index (χ4n) is 2.21. The number of benzene rings is 1. The summed E-state index contributed by atoms with van der Waals surface area (Å²) in [5.41, 5.74) is 0.743. The summed E-state index contributed by atoms with van der Waals surface area (Å²) in [5.74, 6) is 1.33. The first-order valence-electron chi connectivity index (χ1n) is 6.99. The molecule has 0 unspecified atom stereocenters. The number of anilines is 1. The summed E-state index contributed by atoms with van der Waals surface area (Å²) < 4.78 is 10.9. The van der Waals surface area contributed by atoms with Gasteiger partial charge in [0.25, 0.3) is 0 Å². The molecule has 3 rings (SSSR count). The highest BCUT2D eigenvalue weighted by atomic mass is 16.3. The SMILES string of the molecule is O=C(NCC(c1ccco1)c1ccco1)Nc1ccccc1. The highest BCUT2D eigenvalue weighted by Gasteiger charge is 2.20. The number of urea groups is 1. The van der Waals surface area contributed by atoms with E-state index in [1.54, 1.807) is 12.5 Å². The van der Waals surface area contributed by atoms with E-state index in [1.807, 2.05) is 54.6 Å². The minimum atomic E-state index is -0.269. The maximum Gasteiger partial charge on any atom is 0.319 e. The van der Waals surface area contributed by atoms with Gasteiger partial charge in [0.2, 0.25) is 0 Å². The van der Waals surface area contributed by atoms with E-state index >= 15 is 0 Å². The first-order valence-corrected chi connectivity index (χ1v) is 6.99. The van der Waals surface area contributed by atoms with Gasteiger partial charge in [0.15, 0.2) is 0 Å². The van der Waals surface area contributed by atoms with E-state index in [0.29, 0.717) is 6.54 Å². The second-order valence-corrected chi connectivity index (χ2v) is 4.78. The minimum Gasteiger partial charge on any atom is -0.469 e. The Morgan fingerprint density at radius 3 is 2.09 bits per heavy atom. The number of carbonyl (C=O) groups excluding carboxylic acids is 1. The zero-order chi connectivity index (χ0) is 15.2. The number of para-hydroxylation sites is 1. The average Bonchev–Trinajstić information content (AvgIpc) is 3.22. The van der Waals surface area contributed by atoms with E-state index in [4.69, 9.17) is 8.83 Å². The van der Waals surface area contributed by atoms with Crippen LogP contribution in [0.2, 0.25) is 0 Å². The molecule has 0 fully saturated rings. The van der Waals surface area contributed by atoms with E-state index in [-0.39, 0.29) is 11.9 Å². The minimum absolute atomic E-state index is 0.161. The normalized spacial score (nSPS) is 10.6. The summed E-state index contributed by atoms with van der Waals surface area (Å²) in [7, 11) is 0. The lowest BCUT2D eigenvalue weighted by Crippen LogP contribution is -2.32. The number of carbonyl (C=O) groups is 1. The molecule has 22 heavy (non-hydrogen) atoms. The first-order chi connectivity index (χ1) is 10.8. The van der Waals surface area contributed by atoms with Gasteiger partial charge in [-0.25, -0.2) is 4.79 Å². The molecule has 0 atom stereocenters. The highest BCUT2D eigenvalue weighted by molar-refractivity contribution is 5.89. The number of rotatable bonds is 5. The number of nitrogens with one attached hydrogen (secondary N) is 2. The van der Waals surface area contributed by atoms with Crippen LogP contribution in [0.4, 0.5) is 10.5 Å². The van der Waals surface area contributed by atoms with Crippen molar-refractivity contribution in [1.82, 2.24) is 5.32 Å². The summed E-state index contributed by atoms with van der Waals surface area (Å²) in [4.78, 5) is 12.0. The van der Waals surface area contributed by atoms with Gasteiger partial charge in [0.1, 0.15) is 11.5 Å².